The monoisotopic (exact) mass is 405 g/mol. The van der Waals surface area contributed by atoms with Crippen LogP contribution in [0.1, 0.15) is 25.0 Å². The van der Waals surface area contributed by atoms with E-state index in [1.54, 1.807) is 6.07 Å². The molecule has 0 unspecified atom stereocenters. The zero-order chi connectivity index (χ0) is 21.1. The van der Waals surface area contributed by atoms with Crippen LogP contribution >= 0.6 is 0 Å². The van der Waals surface area contributed by atoms with Crippen LogP contribution in [-0.4, -0.2) is 21.6 Å². The molecule has 4 rings (SSSR count). The number of ether oxygens (including phenoxy) is 1. The molecule has 154 valence electrons. The molecule has 0 saturated heterocycles. The zero-order valence-corrected chi connectivity index (χ0v) is 16.9. The summed E-state index contributed by atoms with van der Waals surface area (Å²) in [6, 6.07) is 15.1. The third-order valence-electron chi connectivity index (χ3n) is 4.83. The number of benzene rings is 2. The second-order valence-corrected chi connectivity index (χ2v) is 7.36. The van der Waals surface area contributed by atoms with Crippen LogP contribution in [0.5, 0.6) is 0 Å². The highest BCUT2D eigenvalue weighted by Crippen LogP contribution is 2.24. The van der Waals surface area contributed by atoms with E-state index < -0.39 is 0 Å². The molecule has 0 fully saturated rings. The van der Waals surface area contributed by atoms with E-state index in [0.29, 0.717) is 24.3 Å². The molecule has 0 aliphatic rings. The highest BCUT2D eigenvalue weighted by atomic mass is 16.5. The van der Waals surface area contributed by atoms with Gasteiger partial charge in [-0.25, -0.2) is 4.98 Å². The Morgan fingerprint density at radius 2 is 1.87 bits per heavy atom. The number of hydrogen-bond acceptors (Lipinski definition) is 5. The number of carbonyl (C=O) groups excluding carboxylic acids is 1. The summed E-state index contributed by atoms with van der Waals surface area (Å²) in [5.41, 5.74) is 2.88. The van der Waals surface area contributed by atoms with Crippen LogP contribution in [-0.2, 0) is 29.2 Å². The van der Waals surface area contributed by atoms with Crippen molar-refractivity contribution in [3.8, 4) is 0 Å². The maximum Gasteiger partial charge on any atom is 0.297 e. The average molecular weight is 405 g/mol. The van der Waals surface area contributed by atoms with E-state index in [-0.39, 0.29) is 29.7 Å². The van der Waals surface area contributed by atoms with Crippen LogP contribution in [0.3, 0.4) is 0 Å². The van der Waals surface area contributed by atoms with Gasteiger partial charge in [0.1, 0.15) is 17.6 Å². The van der Waals surface area contributed by atoms with E-state index >= 15 is 0 Å². The molecule has 7 nitrogen and oxygen atoms in total. The van der Waals surface area contributed by atoms with Gasteiger partial charge in [-0.2, -0.15) is 0 Å². The number of amides is 1. The lowest BCUT2D eigenvalue weighted by Gasteiger charge is -2.13. The molecular weight excluding hydrogens is 382 g/mol. The fourth-order valence-electron chi connectivity index (χ4n) is 3.26. The minimum absolute atomic E-state index is 0.125. The van der Waals surface area contributed by atoms with Crippen molar-refractivity contribution < 1.29 is 13.9 Å². The molecular formula is C23H23N3O4. The molecule has 4 aromatic rings. The van der Waals surface area contributed by atoms with Gasteiger partial charge in [-0.3, -0.25) is 14.2 Å². The van der Waals surface area contributed by atoms with Crippen molar-refractivity contribution in [2.24, 2.45) is 0 Å². The highest BCUT2D eigenvalue weighted by Gasteiger charge is 2.14. The summed E-state index contributed by atoms with van der Waals surface area (Å²) < 4.78 is 12.6. The highest BCUT2D eigenvalue weighted by molar-refractivity contribution is 6.01. The molecule has 7 heteroatoms. The molecule has 2 aromatic heterocycles. The largest absolute Gasteiger partial charge is 0.448 e. The maximum atomic E-state index is 12.7. The second-order valence-electron chi connectivity index (χ2n) is 7.36. The molecule has 30 heavy (non-hydrogen) atoms. The smallest absolute Gasteiger partial charge is 0.297 e. The van der Waals surface area contributed by atoms with Crippen LogP contribution in [0.15, 0.2) is 64.1 Å². The maximum absolute atomic E-state index is 12.7. The summed E-state index contributed by atoms with van der Waals surface area (Å²) >= 11 is 0. The van der Waals surface area contributed by atoms with Gasteiger partial charge >= 0.3 is 0 Å². The third kappa shape index (κ3) is 4.11. The Labute approximate surface area is 173 Å². The molecule has 0 spiro atoms. The topological polar surface area (TPSA) is 86.4 Å². The van der Waals surface area contributed by atoms with Crippen molar-refractivity contribution >= 4 is 28.0 Å². The Kier molecular flexibility index (Phi) is 5.63. The van der Waals surface area contributed by atoms with Gasteiger partial charge in [-0.15, -0.1) is 0 Å². The molecule has 0 saturated carbocycles. The van der Waals surface area contributed by atoms with Crippen molar-refractivity contribution in [2.45, 2.75) is 39.6 Å². The lowest BCUT2D eigenvalue weighted by molar-refractivity contribution is -0.121. The number of aromatic nitrogens is 2. The van der Waals surface area contributed by atoms with Gasteiger partial charge in [0.15, 0.2) is 0 Å². The number of nitrogens with zero attached hydrogens (tertiary/aromatic N) is 2. The van der Waals surface area contributed by atoms with E-state index in [9.17, 15) is 9.59 Å². The predicted octanol–water partition coefficient (Wildman–Crippen LogP) is 3.38. The molecule has 0 aliphatic heterocycles. The summed E-state index contributed by atoms with van der Waals surface area (Å²) in [7, 11) is 0. The van der Waals surface area contributed by atoms with Gasteiger partial charge in [0.05, 0.1) is 19.0 Å². The van der Waals surface area contributed by atoms with Gasteiger partial charge < -0.3 is 14.5 Å². The van der Waals surface area contributed by atoms with Crippen molar-refractivity contribution in [1.29, 1.82) is 0 Å². The summed E-state index contributed by atoms with van der Waals surface area (Å²) in [4.78, 5) is 29.5. The minimum Gasteiger partial charge on any atom is -0.448 e. The van der Waals surface area contributed by atoms with E-state index in [4.69, 9.17) is 9.15 Å². The molecule has 0 bridgehead atoms. The average Bonchev–Trinajstić information content (AvgIpc) is 3.13. The normalized spacial score (nSPS) is 11.4. The van der Waals surface area contributed by atoms with E-state index in [1.807, 2.05) is 56.3 Å². The number of furan rings is 1. The van der Waals surface area contributed by atoms with Crippen molar-refractivity contribution in [3.05, 3.63) is 76.3 Å². The second kappa shape index (κ2) is 8.51. The molecule has 2 heterocycles. The van der Waals surface area contributed by atoms with Crippen LogP contribution in [0.2, 0.25) is 0 Å². The van der Waals surface area contributed by atoms with Crippen LogP contribution in [0.25, 0.3) is 22.1 Å². The first kappa shape index (κ1) is 19.8. The fraction of sp³-hybridized carbons (Fsp3) is 0.261. The Morgan fingerprint density at radius 3 is 2.67 bits per heavy atom. The van der Waals surface area contributed by atoms with Crippen molar-refractivity contribution in [3.63, 3.8) is 0 Å². The molecule has 0 aliphatic carbocycles. The van der Waals surface area contributed by atoms with Crippen LogP contribution < -0.4 is 10.9 Å². The fourth-order valence-corrected chi connectivity index (χ4v) is 3.26. The number of para-hydroxylation sites is 1. The van der Waals surface area contributed by atoms with E-state index in [0.717, 1.165) is 16.5 Å². The summed E-state index contributed by atoms with van der Waals surface area (Å²) in [5.74, 6) is -0.283. The Bertz CT molecular complexity index is 1260. The summed E-state index contributed by atoms with van der Waals surface area (Å²) in [5, 5.41) is 3.64. The lowest BCUT2D eigenvalue weighted by atomic mass is 10.1. The predicted molar refractivity (Wildman–Crippen MR) is 114 cm³/mol. The quantitative estimate of drug-likeness (QED) is 0.509. The SMILES string of the molecule is CC(C)OCc1ccccc1CNC(=O)Cn1cnc2c(oc3ccccc32)c1=O. The standard InChI is InChI=1S/C23H23N3O4/c1-15(2)29-13-17-8-4-3-7-16(17)11-24-20(27)12-26-14-25-21-18-9-5-6-10-19(18)30-22(21)23(26)28/h3-10,14-15H,11-13H2,1-2H3,(H,24,27). The minimum atomic E-state index is -0.378. The van der Waals surface area contributed by atoms with Crippen molar-refractivity contribution in [2.75, 3.05) is 0 Å². The van der Waals surface area contributed by atoms with Crippen LogP contribution in [0, 0.1) is 0 Å². The first-order valence-corrected chi connectivity index (χ1v) is 9.84. The number of carbonyl (C=O) groups is 1. The first-order valence-electron chi connectivity index (χ1n) is 9.84. The Balaban J connectivity index is 1.47. The van der Waals surface area contributed by atoms with Gasteiger partial charge in [0.25, 0.3) is 5.56 Å². The van der Waals surface area contributed by atoms with Gasteiger partial charge in [0, 0.05) is 11.9 Å². The van der Waals surface area contributed by atoms with Gasteiger partial charge in [-0.1, -0.05) is 36.4 Å². The zero-order valence-electron chi connectivity index (χ0n) is 16.9. The molecule has 1 amide bonds. The number of rotatable bonds is 7. The summed E-state index contributed by atoms with van der Waals surface area (Å²) in [6.07, 6.45) is 1.51. The molecule has 2 aromatic carbocycles. The van der Waals surface area contributed by atoms with Crippen molar-refractivity contribution in [1.82, 2.24) is 14.9 Å². The number of fused-ring (bicyclic) bond motifs is 3. The summed E-state index contributed by atoms with van der Waals surface area (Å²) in [6.45, 7) is 4.66. The Hall–Kier alpha value is -3.45. The molecule has 1 N–H and O–H groups in total. The number of nitrogens with one attached hydrogen (secondary N) is 1. The van der Waals surface area contributed by atoms with Gasteiger partial charge in [-0.05, 0) is 37.1 Å². The van der Waals surface area contributed by atoms with Gasteiger partial charge in [0.2, 0.25) is 11.5 Å². The van der Waals surface area contributed by atoms with E-state index in [1.165, 1.54) is 10.9 Å². The van der Waals surface area contributed by atoms with Crippen LogP contribution in [0.4, 0.5) is 0 Å². The lowest BCUT2D eigenvalue weighted by Crippen LogP contribution is -2.32. The molecule has 0 atom stereocenters. The Morgan fingerprint density at radius 1 is 1.13 bits per heavy atom. The van der Waals surface area contributed by atoms with E-state index in [2.05, 4.69) is 10.3 Å². The third-order valence-corrected chi connectivity index (χ3v) is 4.83. The molecule has 0 radical (unpaired) electrons. The number of hydrogen-bond donors (Lipinski definition) is 1. The first-order chi connectivity index (χ1) is 14.5.